The summed E-state index contributed by atoms with van der Waals surface area (Å²) in [4.78, 5) is 2.48. The Balaban J connectivity index is 1.31. The molecule has 0 bridgehead atoms. The summed E-state index contributed by atoms with van der Waals surface area (Å²) < 4.78 is 2.43. The third kappa shape index (κ3) is 4.29. The molecule has 0 fully saturated rings. The number of para-hydroxylation sites is 3. The minimum atomic E-state index is 1.12. The maximum Gasteiger partial charge on any atom is 0.0619 e. The molecule has 0 saturated heterocycles. The number of rotatable bonds is 5. The van der Waals surface area contributed by atoms with Gasteiger partial charge in [-0.05, 0) is 58.3 Å². The Morgan fingerprint density at radius 2 is 0.760 bits per heavy atom. The van der Waals surface area contributed by atoms with Gasteiger partial charge in [-0.1, -0.05) is 158 Å². The van der Waals surface area contributed by atoms with Crippen molar-refractivity contribution in [3.63, 3.8) is 0 Å². The van der Waals surface area contributed by atoms with Crippen molar-refractivity contribution in [2.45, 2.75) is 0 Å². The van der Waals surface area contributed by atoms with Crippen LogP contribution in [0.3, 0.4) is 0 Å². The highest BCUT2D eigenvalue weighted by Crippen LogP contribution is 2.50. The van der Waals surface area contributed by atoms with Crippen molar-refractivity contribution in [3.05, 3.63) is 194 Å². The number of benzene rings is 9. The maximum absolute atomic E-state index is 2.48. The van der Waals surface area contributed by atoms with Gasteiger partial charge in [0.2, 0.25) is 0 Å². The summed E-state index contributed by atoms with van der Waals surface area (Å²) in [6.45, 7) is 0. The maximum atomic E-state index is 2.48. The van der Waals surface area contributed by atoms with Crippen LogP contribution in [0, 0.1) is 0 Å². The summed E-state index contributed by atoms with van der Waals surface area (Å²) in [6.07, 6.45) is 0. The molecule has 234 valence electrons. The molecule has 9 aromatic carbocycles. The van der Waals surface area contributed by atoms with Crippen LogP contribution >= 0.6 is 0 Å². The smallest absolute Gasteiger partial charge is 0.0619 e. The van der Waals surface area contributed by atoms with Crippen LogP contribution in [0.25, 0.3) is 70.9 Å². The highest BCUT2D eigenvalue weighted by molar-refractivity contribution is 6.23. The van der Waals surface area contributed by atoms with E-state index in [1.807, 2.05) is 0 Å². The zero-order chi connectivity index (χ0) is 33.0. The molecule has 0 aliphatic carbocycles. The van der Waals surface area contributed by atoms with Crippen molar-refractivity contribution in [3.8, 4) is 16.8 Å². The molecule has 0 spiro atoms. The Morgan fingerprint density at radius 1 is 0.320 bits per heavy atom. The quantitative estimate of drug-likeness (QED) is 0.171. The Labute approximate surface area is 290 Å². The Bertz CT molecular complexity index is 2760. The number of anilines is 3. The lowest BCUT2D eigenvalue weighted by atomic mass is 9.89. The summed E-state index contributed by atoms with van der Waals surface area (Å²) in [5, 5.41) is 9.81. The van der Waals surface area contributed by atoms with E-state index in [-0.39, 0.29) is 0 Å². The second kappa shape index (κ2) is 11.5. The molecule has 0 amide bonds. The molecule has 1 aromatic heterocycles. The SMILES string of the molecule is c1ccc(-c2c3ccccc3c(N(c3ccccc3)c3ccc(-n4c5ccccc5c5ccccc54)c4ccccc34)c3ccccc23)cc1. The fourth-order valence-electron chi connectivity index (χ4n) is 8.07. The summed E-state index contributed by atoms with van der Waals surface area (Å²) >= 11 is 0. The van der Waals surface area contributed by atoms with Gasteiger partial charge in [0.1, 0.15) is 0 Å². The lowest BCUT2D eigenvalue weighted by Gasteiger charge is -2.31. The average molecular weight is 637 g/mol. The molecular formula is C48H32N2. The minimum Gasteiger partial charge on any atom is -0.309 e. The Kier molecular flexibility index (Phi) is 6.53. The Morgan fingerprint density at radius 3 is 1.34 bits per heavy atom. The van der Waals surface area contributed by atoms with E-state index in [9.17, 15) is 0 Å². The fourth-order valence-corrected chi connectivity index (χ4v) is 8.07. The molecule has 1 heterocycles. The van der Waals surface area contributed by atoms with Crippen LogP contribution in [-0.2, 0) is 0 Å². The van der Waals surface area contributed by atoms with Crippen LogP contribution in [0.2, 0.25) is 0 Å². The van der Waals surface area contributed by atoms with Crippen LogP contribution < -0.4 is 4.90 Å². The van der Waals surface area contributed by atoms with Gasteiger partial charge in [0.05, 0.1) is 28.1 Å². The van der Waals surface area contributed by atoms with E-state index >= 15 is 0 Å². The van der Waals surface area contributed by atoms with Gasteiger partial charge in [-0.25, -0.2) is 0 Å². The van der Waals surface area contributed by atoms with Crippen molar-refractivity contribution in [2.75, 3.05) is 4.90 Å². The zero-order valence-corrected chi connectivity index (χ0v) is 27.4. The van der Waals surface area contributed by atoms with Crippen molar-refractivity contribution in [1.82, 2.24) is 4.57 Å². The van der Waals surface area contributed by atoms with Gasteiger partial charge in [0.15, 0.2) is 0 Å². The molecule has 0 aliphatic rings. The lowest BCUT2D eigenvalue weighted by molar-refractivity contribution is 1.19. The van der Waals surface area contributed by atoms with E-state index in [2.05, 4.69) is 204 Å². The van der Waals surface area contributed by atoms with Crippen molar-refractivity contribution < 1.29 is 0 Å². The molecule has 2 heteroatoms. The molecule has 0 atom stereocenters. The third-order valence-electron chi connectivity index (χ3n) is 10.1. The Hall–Kier alpha value is -6.64. The highest BCUT2D eigenvalue weighted by Gasteiger charge is 2.24. The standard InChI is InChI=1S/C48H32N2/c1-3-17-33(18-4-1)47-39-25-9-11-27-41(39)48(42-28-12-10-26-40(42)47)49(34-19-5-2-6-20-34)45-31-32-46(38-22-8-7-21-37(38)45)50-43-29-15-13-23-35(43)36-24-14-16-30-44(36)50/h1-32H. The summed E-state index contributed by atoms with van der Waals surface area (Å²) in [5.74, 6) is 0. The molecule has 10 rings (SSSR count). The fraction of sp³-hybridized carbons (Fsp3) is 0. The van der Waals surface area contributed by atoms with Crippen LogP contribution in [0.15, 0.2) is 194 Å². The minimum absolute atomic E-state index is 1.12. The molecular weight excluding hydrogens is 605 g/mol. The van der Waals surface area contributed by atoms with Crippen molar-refractivity contribution in [2.24, 2.45) is 0 Å². The van der Waals surface area contributed by atoms with Gasteiger partial charge >= 0.3 is 0 Å². The van der Waals surface area contributed by atoms with E-state index in [4.69, 9.17) is 0 Å². The summed E-state index contributed by atoms with van der Waals surface area (Å²) in [7, 11) is 0. The molecule has 50 heavy (non-hydrogen) atoms. The van der Waals surface area contributed by atoms with Crippen LogP contribution in [-0.4, -0.2) is 4.57 Å². The van der Waals surface area contributed by atoms with Crippen LogP contribution in [0.4, 0.5) is 17.1 Å². The van der Waals surface area contributed by atoms with Crippen LogP contribution in [0.5, 0.6) is 0 Å². The third-order valence-corrected chi connectivity index (χ3v) is 10.1. The first kappa shape index (κ1) is 28.4. The van der Waals surface area contributed by atoms with Gasteiger partial charge in [-0.2, -0.15) is 0 Å². The second-order valence-corrected chi connectivity index (χ2v) is 12.9. The molecule has 0 saturated carbocycles. The monoisotopic (exact) mass is 636 g/mol. The van der Waals surface area contributed by atoms with E-state index < -0.39 is 0 Å². The van der Waals surface area contributed by atoms with Crippen LogP contribution in [0.1, 0.15) is 0 Å². The number of hydrogen-bond acceptors (Lipinski definition) is 1. The summed E-state index contributed by atoms with van der Waals surface area (Å²) in [5.41, 5.74) is 9.50. The van der Waals surface area contributed by atoms with E-state index in [1.165, 1.54) is 76.6 Å². The van der Waals surface area contributed by atoms with Gasteiger partial charge in [0, 0.05) is 38.0 Å². The first-order valence-electron chi connectivity index (χ1n) is 17.2. The van der Waals surface area contributed by atoms with E-state index in [1.54, 1.807) is 0 Å². The second-order valence-electron chi connectivity index (χ2n) is 12.9. The lowest BCUT2D eigenvalue weighted by Crippen LogP contribution is -2.12. The average Bonchev–Trinajstić information content (AvgIpc) is 3.53. The van der Waals surface area contributed by atoms with E-state index in [0.29, 0.717) is 0 Å². The van der Waals surface area contributed by atoms with Gasteiger partial charge in [0.25, 0.3) is 0 Å². The number of fused-ring (bicyclic) bond motifs is 6. The van der Waals surface area contributed by atoms with Gasteiger partial charge < -0.3 is 9.47 Å². The first-order chi connectivity index (χ1) is 24.9. The molecule has 0 unspecified atom stereocenters. The van der Waals surface area contributed by atoms with Crippen molar-refractivity contribution >= 4 is 71.2 Å². The number of aromatic nitrogens is 1. The largest absolute Gasteiger partial charge is 0.309 e. The first-order valence-corrected chi connectivity index (χ1v) is 17.2. The highest BCUT2D eigenvalue weighted by atomic mass is 15.1. The number of hydrogen-bond donors (Lipinski definition) is 0. The molecule has 10 aromatic rings. The predicted molar refractivity (Wildman–Crippen MR) is 213 cm³/mol. The topological polar surface area (TPSA) is 8.17 Å². The van der Waals surface area contributed by atoms with Gasteiger partial charge in [-0.15, -0.1) is 0 Å². The molecule has 0 radical (unpaired) electrons. The molecule has 0 N–H and O–H groups in total. The summed E-state index contributed by atoms with van der Waals surface area (Å²) in [6, 6.07) is 70.4. The molecule has 0 aliphatic heterocycles. The zero-order valence-electron chi connectivity index (χ0n) is 27.4. The van der Waals surface area contributed by atoms with Crippen molar-refractivity contribution in [1.29, 1.82) is 0 Å². The molecule has 2 nitrogen and oxygen atoms in total. The number of nitrogens with zero attached hydrogens (tertiary/aromatic N) is 2. The van der Waals surface area contributed by atoms with E-state index in [0.717, 1.165) is 11.4 Å². The predicted octanol–water partition coefficient (Wildman–Crippen LogP) is 13.4. The van der Waals surface area contributed by atoms with Gasteiger partial charge in [-0.3, -0.25) is 0 Å². The normalized spacial score (nSPS) is 11.6.